The first-order valence-corrected chi connectivity index (χ1v) is 8.74. The van der Waals surface area contributed by atoms with Crippen molar-refractivity contribution in [3.05, 3.63) is 16.1 Å². The van der Waals surface area contributed by atoms with Crippen LogP contribution >= 0.6 is 11.3 Å². The molecule has 1 aliphatic carbocycles. The first kappa shape index (κ1) is 15.9. The highest BCUT2D eigenvalue weighted by molar-refractivity contribution is 7.09. The van der Waals surface area contributed by atoms with Crippen LogP contribution in [0.1, 0.15) is 56.2 Å². The molecule has 1 aromatic rings. The predicted octanol–water partition coefficient (Wildman–Crippen LogP) is 3.87. The summed E-state index contributed by atoms with van der Waals surface area (Å²) in [6, 6.07) is 0. The fraction of sp³-hybridized carbons (Fsp3) is 0.812. The van der Waals surface area contributed by atoms with Gasteiger partial charge in [-0.3, -0.25) is 0 Å². The molecule has 1 saturated carbocycles. The smallest absolute Gasteiger partial charge is 0.113 e. The van der Waals surface area contributed by atoms with Gasteiger partial charge in [0.05, 0.1) is 12.1 Å². The van der Waals surface area contributed by atoms with Crippen LogP contribution in [0.3, 0.4) is 0 Å². The molecule has 4 heteroatoms. The van der Waals surface area contributed by atoms with Gasteiger partial charge >= 0.3 is 0 Å². The molecule has 114 valence electrons. The number of methoxy groups -OCH3 is 1. The standard InChI is InChI=1S/C16H28N2OS/c1-4-14-6-5-8-16(9-7-14,17-10-11-19-3)15-18-13(2)12-20-15/h12,14,17H,4-11H2,1-3H3. The Kier molecular flexibility index (Phi) is 6.00. The maximum absolute atomic E-state index is 5.21. The summed E-state index contributed by atoms with van der Waals surface area (Å²) in [6.45, 7) is 6.09. The van der Waals surface area contributed by atoms with Crippen molar-refractivity contribution in [3.63, 3.8) is 0 Å². The maximum Gasteiger partial charge on any atom is 0.113 e. The molecule has 20 heavy (non-hydrogen) atoms. The van der Waals surface area contributed by atoms with Gasteiger partial charge in [0.1, 0.15) is 5.01 Å². The molecule has 0 bridgehead atoms. The second kappa shape index (κ2) is 7.53. The molecular formula is C16H28N2OS. The van der Waals surface area contributed by atoms with Gasteiger partial charge in [0.2, 0.25) is 0 Å². The number of ether oxygens (including phenoxy) is 1. The second-order valence-corrected chi connectivity index (χ2v) is 6.86. The largest absolute Gasteiger partial charge is 0.383 e. The van der Waals surface area contributed by atoms with Gasteiger partial charge in [-0.05, 0) is 32.1 Å². The molecule has 0 aliphatic heterocycles. The summed E-state index contributed by atoms with van der Waals surface area (Å²) >= 11 is 1.82. The van der Waals surface area contributed by atoms with Crippen LogP contribution in [0.15, 0.2) is 5.38 Å². The molecule has 1 aliphatic rings. The Balaban J connectivity index is 2.15. The first-order chi connectivity index (χ1) is 9.70. The minimum Gasteiger partial charge on any atom is -0.383 e. The van der Waals surface area contributed by atoms with E-state index < -0.39 is 0 Å². The molecule has 0 amide bonds. The summed E-state index contributed by atoms with van der Waals surface area (Å²) in [5.41, 5.74) is 1.23. The van der Waals surface area contributed by atoms with Crippen LogP contribution in [-0.2, 0) is 10.3 Å². The predicted molar refractivity (Wildman–Crippen MR) is 85.3 cm³/mol. The monoisotopic (exact) mass is 296 g/mol. The quantitative estimate of drug-likeness (QED) is 0.639. The summed E-state index contributed by atoms with van der Waals surface area (Å²) in [4.78, 5) is 4.79. The molecule has 3 nitrogen and oxygen atoms in total. The van der Waals surface area contributed by atoms with Crippen molar-refractivity contribution in [1.29, 1.82) is 0 Å². The van der Waals surface area contributed by atoms with Gasteiger partial charge in [0.25, 0.3) is 0 Å². The molecule has 2 atom stereocenters. The molecule has 0 saturated heterocycles. The van der Waals surface area contributed by atoms with Crippen LogP contribution in [0.2, 0.25) is 0 Å². The zero-order valence-electron chi connectivity index (χ0n) is 13.1. The summed E-state index contributed by atoms with van der Waals surface area (Å²) in [5, 5.41) is 7.23. The zero-order chi connectivity index (χ0) is 14.4. The Morgan fingerprint density at radius 3 is 2.95 bits per heavy atom. The van der Waals surface area contributed by atoms with E-state index in [-0.39, 0.29) is 5.54 Å². The van der Waals surface area contributed by atoms with Crippen molar-refractivity contribution in [1.82, 2.24) is 10.3 Å². The van der Waals surface area contributed by atoms with Gasteiger partial charge in [0, 0.05) is 24.7 Å². The van der Waals surface area contributed by atoms with E-state index in [1.807, 2.05) is 11.3 Å². The molecule has 1 heterocycles. The van der Waals surface area contributed by atoms with Crippen LogP contribution in [0, 0.1) is 12.8 Å². The van der Waals surface area contributed by atoms with Crippen LogP contribution < -0.4 is 5.32 Å². The minimum atomic E-state index is 0.0847. The van der Waals surface area contributed by atoms with Gasteiger partial charge in [-0.1, -0.05) is 26.2 Å². The lowest BCUT2D eigenvalue weighted by Crippen LogP contribution is -2.43. The maximum atomic E-state index is 5.21. The van der Waals surface area contributed by atoms with Crippen molar-refractivity contribution >= 4 is 11.3 Å². The van der Waals surface area contributed by atoms with Crippen molar-refractivity contribution < 1.29 is 4.74 Å². The lowest BCUT2D eigenvalue weighted by Gasteiger charge is -2.32. The molecule has 0 radical (unpaired) electrons. The van der Waals surface area contributed by atoms with Crippen molar-refractivity contribution in [2.45, 2.75) is 57.9 Å². The Hall–Kier alpha value is -0.450. The highest BCUT2D eigenvalue weighted by Gasteiger charge is 2.36. The molecule has 1 N–H and O–H groups in total. The van der Waals surface area contributed by atoms with Crippen LogP contribution in [0.5, 0.6) is 0 Å². The Morgan fingerprint density at radius 1 is 1.45 bits per heavy atom. The fourth-order valence-electron chi connectivity index (χ4n) is 3.25. The fourth-order valence-corrected chi connectivity index (χ4v) is 4.29. The van der Waals surface area contributed by atoms with Crippen molar-refractivity contribution in [2.24, 2.45) is 5.92 Å². The number of hydrogen-bond acceptors (Lipinski definition) is 4. The highest BCUT2D eigenvalue weighted by atomic mass is 32.1. The van der Waals surface area contributed by atoms with E-state index in [9.17, 15) is 0 Å². The lowest BCUT2D eigenvalue weighted by atomic mass is 9.89. The molecule has 1 fully saturated rings. The van der Waals surface area contributed by atoms with Crippen LogP contribution in [0.25, 0.3) is 0 Å². The van der Waals surface area contributed by atoms with E-state index in [1.165, 1.54) is 43.5 Å². The number of nitrogens with zero attached hydrogens (tertiary/aromatic N) is 1. The normalized spacial score (nSPS) is 27.4. The van der Waals surface area contributed by atoms with E-state index >= 15 is 0 Å². The number of thiazole rings is 1. The Bertz CT molecular complexity index is 407. The molecule has 1 aromatic heterocycles. The van der Waals surface area contributed by atoms with E-state index in [1.54, 1.807) is 7.11 Å². The van der Waals surface area contributed by atoms with Gasteiger partial charge < -0.3 is 10.1 Å². The van der Waals surface area contributed by atoms with Crippen LogP contribution in [-0.4, -0.2) is 25.2 Å². The number of nitrogens with one attached hydrogen (secondary N) is 1. The molecule has 0 aromatic carbocycles. The van der Waals surface area contributed by atoms with E-state index in [0.717, 1.165) is 24.8 Å². The summed E-state index contributed by atoms with van der Waals surface area (Å²) in [7, 11) is 1.77. The van der Waals surface area contributed by atoms with Crippen molar-refractivity contribution in [3.8, 4) is 0 Å². The molecule has 2 unspecified atom stereocenters. The van der Waals surface area contributed by atoms with E-state index in [0.29, 0.717) is 0 Å². The number of rotatable bonds is 6. The van der Waals surface area contributed by atoms with Crippen LogP contribution in [0.4, 0.5) is 0 Å². The minimum absolute atomic E-state index is 0.0847. The number of hydrogen-bond donors (Lipinski definition) is 1. The second-order valence-electron chi connectivity index (χ2n) is 6.00. The van der Waals surface area contributed by atoms with E-state index in [4.69, 9.17) is 9.72 Å². The van der Waals surface area contributed by atoms with Gasteiger partial charge in [-0.2, -0.15) is 0 Å². The zero-order valence-corrected chi connectivity index (χ0v) is 13.9. The Labute approximate surface area is 127 Å². The van der Waals surface area contributed by atoms with Crippen molar-refractivity contribution in [2.75, 3.05) is 20.3 Å². The summed E-state index contributed by atoms with van der Waals surface area (Å²) in [5.74, 6) is 0.891. The Morgan fingerprint density at radius 2 is 2.30 bits per heavy atom. The third-order valence-corrected chi connectivity index (χ3v) is 5.73. The number of aromatic nitrogens is 1. The SMILES string of the molecule is CCC1CCCC(NCCOC)(c2nc(C)cs2)CC1. The highest BCUT2D eigenvalue weighted by Crippen LogP contribution is 2.39. The van der Waals surface area contributed by atoms with E-state index in [2.05, 4.69) is 24.5 Å². The third kappa shape index (κ3) is 3.80. The molecular weight excluding hydrogens is 268 g/mol. The number of aryl methyl sites for hydroxylation is 1. The lowest BCUT2D eigenvalue weighted by molar-refractivity contribution is 0.177. The topological polar surface area (TPSA) is 34.1 Å². The summed E-state index contributed by atoms with van der Waals surface area (Å²) in [6.07, 6.45) is 7.72. The third-order valence-electron chi connectivity index (χ3n) is 4.57. The summed E-state index contributed by atoms with van der Waals surface area (Å²) < 4.78 is 5.21. The van der Waals surface area contributed by atoms with Gasteiger partial charge in [0.15, 0.2) is 0 Å². The van der Waals surface area contributed by atoms with Gasteiger partial charge in [-0.15, -0.1) is 11.3 Å². The average Bonchev–Trinajstić information content (AvgIpc) is 2.78. The molecule has 0 spiro atoms. The average molecular weight is 296 g/mol. The first-order valence-electron chi connectivity index (χ1n) is 7.87. The molecule has 2 rings (SSSR count). The van der Waals surface area contributed by atoms with Gasteiger partial charge in [-0.25, -0.2) is 4.98 Å².